The summed E-state index contributed by atoms with van der Waals surface area (Å²) in [6, 6.07) is 7.85. The smallest absolute Gasteiger partial charge is 0.167 e. The summed E-state index contributed by atoms with van der Waals surface area (Å²) in [5, 5.41) is 25.7. The van der Waals surface area contributed by atoms with Crippen molar-refractivity contribution in [1.29, 1.82) is 0 Å². The van der Waals surface area contributed by atoms with E-state index in [0.29, 0.717) is 24.3 Å². The molecule has 12 heteroatoms. The fourth-order valence-electron chi connectivity index (χ4n) is 4.28. The molecular weight excluding hydrogens is 472 g/mol. The van der Waals surface area contributed by atoms with E-state index >= 15 is 0 Å². The molecule has 35 heavy (non-hydrogen) atoms. The number of nitrogen functional groups attached to an aromatic ring is 1. The maximum atomic E-state index is 10.7. The number of imidazole rings is 1. The first-order valence-corrected chi connectivity index (χ1v) is 12.2. The SMILES string of the molecule is NCCCN(CCNCCc1ccc(Cl)cc1)C[C@H]1OC(n2cnc3c(N)ncnc32)[C@H](O)[C@@H]1O. The molecule has 11 nitrogen and oxygen atoms in total. The molecule has 190 valence electrons. The van der Waals surface area contributed by atoms with Crippen LogP contribution in [0.2, 0.25) is 5.02 Å². The zero-order valence-electron chi connectivity index (χ0n) is 19.5. The van der Waals surface area contributed by atoms with E-state index in [-0.39, 0.29) is 5.82 Å². The van der Waals surface area contributed by atoms with E-state index in [1.54, 1.807) is 4.57 Å². The fourth-order valence-corrected chi connectivity index (χ4v) is 4.40. The second-order valence-corrected chi connectivity index (χ2v) is 9.13. The summed E-state index contributed by atoms with van der Waals surface area (Å²) in [7, 11) is 0. The zero-order chi connectivity index (χ0) is 24.8. The molecule has 1 saturated heterocycles. The van der Waals surface area contributed by atoms with Gasteiger partial charge in [0, 0.05) is 24.7 Å². The van der Waals surface area contributed by atoms with Crippen LogP contribution in [0.15, 0.2) is 36.9 Å². The molecular formula is C23H33ClN8O3. The van der Waals surface area contributed by atoms with Gasteiger partial charge in [0.1, 0.15) is 30.2 Å². The summed E-state index contributed by atoms with van der Waals surface area (Å²) < 4.78 is 7.69. The van der Waals surface area contributed by atoms with Gasteiger partial charge in [-0.05, 0) is 50.2 Å². The highest BCUT2D eigenvalue weighted by molar-refractivity contribution is 6.30. The van der Waals surface area contributed by atoms with Crippen molar-refractivity contribution in [1.82, 2.24) is 29.7 Å². The lowest BCUT2D eigenvalue weighted by atomic mass is 10.1. The van der Waals surface area contributed by atoms with Gasteiger partial charge in [-0.15, -0.1) is 0 Å². The number of hydrogen-bond acceptors (Lipinski definition) is 10. The second kappa shape index (κ2) is 12.0. The topological polar surface area (TPSA) is 161 Å². The van der Waals surface area contributed by atoms with Gasteiger partial charge in [-0.25, -0.2) is 15.0 Å². The Morgan fingerprint density at radius 2 is 1.89 bits per heavy atom. The molecule has 2 aromatic heterocycles. The molecule has 3 aromatic rings. The number of ether oxygens (including phenoxy) is 1. The number of aliphatic hydroxyl groups is 2. The Morgan fingerprint density at radius 3 is 2.66 bits per heavy atom. The maximum Gasteiger partial charge on any atom is 0.167 e. The van der Waals surface area contributed by atoms with Crippen LogP contribution in [-0.4, -0.2) is 92.2 Å². The van der Waals surface area contributed by atoms with E-state index in [9.17, 15) is 10.2 Å². The van der Waals surface area contributed by atoms with Gasteiger partial charge in [-0.3, -0.25) is 9.47 Å². The highest BCUT2D eigenvalue weighted by atomic mass is 35.5. The van der Waals surface area contributed by atoms with Crippen molar-refractivity contribution in [3.8, 4) is 0 Å². The Labute approximate surface area is 209 Å². The molecule has 1 aliphatic rings. The van der Waals surface area contributed by atoms with E-state index < -0.39 is 24.5 Å². The minimum absolute atomic E-state index is 0.245. The Hall–Kier alpha value is -2.38. The largest absolute Gasteiger partial charge is 0.387 e. The molecule has 3 heterocycles. The van der Waals surface area contributed by atoms with Crippen LogP contribution in [-0.2, 0) is 11.2 Å². The van der Waals surface area contributed by atoms with Crippen molar-refractivity contribution in [2.45, 2.75) is 37.4 Å². The molecule has 4 atom stereocenters. The lowest BCUT2D eigenvalue weighted by Crippen LogP contribution is -2.43. The molecule has 0 spiro atoms. The minimum Gasteiger partial charge on any atom is -0.387 e. The van der Waals surface area contributed by atoms with Crippen molar-refractivity contribution < 1.29 is 14.9 Å². The van der Waals surface area contributed by atoms with Crippen LogP contribution in [0, 0.1) is 0 Å². The minimum atomic E-state index is -1.14. The predicted molar refractivity (Wildman–Crippen MR) is 134 cm³/mol. The first-order valence-electron chi connectivity index (χ1n) is 11.8. The van der Waals surface area contributed by atoms with E-state index in [4.69, 9.17) is 27.8 Å². The van der Waals surface area contributed by atoms with Gasteiger partial charge in [0.25, 0.3) is 0 Å². The predicted octanol–water partition coefficient (Wildman–Crippen LogP) is 0.164. The van der Waals surface area contributed by atoms with Crippen molar-refractivity contribution in [2.75, 3.05) is 45.0 Å². The van der Waals surface area contributed by atoms with Crippen LogP contribution in [0.4, 0.5) is 5.82 Å². The average molecular weight is 505 g/mol. The molecule has 1 aliphatic heterocycles. The van der Waals surface area contributed by atoms with Gasteiger partial charge in [-0.1, -0.05) is 23.7 Å². The van der Waals surface area contributed by atoms with Gasteiger partial charge < -0.3 is 31.7 Å². The summed E-state index contributed by atoms with van der Waals surface area (Å²) in [4.78, 5) is 14.6. The number of nitrogens with one attached hydrogen (secondary N) is 1. The van der Waals surface area contributed by atoms with Gasteiger partial charge in [0.05, 0.1) is 6.33 Å². The molecule has 0 amide bonds. The number of aliphatic hydroxyl groups excluding tert-OH is 2. The normalized spacial score (nSPS) is 22.4. The standard InChI is InChI=1S/C23H33ClN8O3/c24-16-4-2-15(3-5-16)6-8-27-9-11-31(10-1-7-25)12-17-19(33)20(34)23(35-17)32-14-30-18-21(26)28-13-29-22(18)32/h2-5,13-14,17,19-20,23,27,33-34H,1,6-12,25H2,(H2,26,28,29)/t17-,19-,20-,23?/m1/s1. The number of benzene rings is 1. The third kappa shape index (κ3) is 6.25. The lowest BCUT2D eigenvalue weighted by molar-refractivity contribution is -0.0440. The van der Waals surface area contributed by atoms with Crippen LogP contribution in [0.5, 0.6) is 0 Å². The highest BCUT2D eigenvalue weighted by Crippen LogP contribution is 2.32. The van der Waals surface area contributed by atoms with Gasteiger partial charge >= 0.3 is 0 Å². The van der Waals surface area contributed by atoms with Crippen LogP contribution in [0.1, 0.15) is 18.2 Å². The number of halogens is 1. The van der Waals surface area contributed by atoms with E-state index in [2.05, 4.69) is 25.2 Å². The number of nitrogens with zero attached hydrogens (tertiary/aromatic N) is 5. The number of anilines is 1. The Kier molecular flexibility index (Phi) is 8.84. The summed E-state index contributed by atoms with van der Waals surface area (Å²) in [5.41, 5.74) is 13.7. The number of rotatable bonds is 12. The monoisotopic (exact) mass is 504 g/mol. The van der Waals surface area contributed by atoms with Gasteiger partial charge in [-0.2, -0.15) is 0 Å². The number of aromatic nitrogens is 4. The molecule has 0 aliphatic carbocycles. The van der Waals surface area contributed by atoms with Crippen molar-refractivity contribution in [3.63, 3.8) is 0 Å². The van der Waals surface area contributed by atoms with Crippen molar-refractivity contribution in [2.24, 2.45) is 5.73 Å². The number of fused-ring (bicyclic) bond motifs is 1. The third-order valence-electron chi connectivity index (χ3n) is 6.22. The van der Waals surface area contributed by atoms with Crippen LogP contribution >= 0.6 is 11.6 Å². The highest BCUT2D eigenvalue weighted by Gasteiger charge is 2.44. The number of hydrogen-bond donors (Lipinski definition) is 5. The van der Waals surface area contributed by atoms with E-state index in [1.165, 1.54) is 18.2 Å². The molecule has 0 saturated carbocycles. The first kappa shape index (κ1) is 25.7. The Bertz CT molecular complexity index is 1080. The zero-order valence-corrected chi connectivity index (χ0v) is 20.3. The summed E-state index contributed by atoms with van der Waals surface area (Å²) in [5.74, 6) is 0.245. The molecule has 4 rings (SSSR count). The lowest BCUT2D eigenvalue weighted by Gasteiger charge is -2.26. The summed E-state index contributed by atoms with van der Waals surface area (Å²) in [6.45, 7) is 4.16. The second-order valence-electron chi connectivity index (χ2n) is 8.70. The first-order chi connectivity index (χ1) is 17.0. The fraction of sp³-hybridized carbons (Fsp3) is 0.522. The molecule has 0 radical (unpaired) electrons. The van der Waals surface area contributed by atoms with Crippen molar-refractivity contribution in [3.05, 3.63) is 47.5 Å². The molecule has 1 unspecified atom stereocenters. The average Bonchev–Trinajstić information content (AvgIpc) is 3.40. The van der Waals surface area contributed by atoms with Gasteiger partial charge in [0.15, 0.2) is 17.7 Å². The molecule has 7 N–H and O–H groups in total. The molecule has 1 fully saturated rings. The summed E-state index contributed by atoms with van der Waals surface area (Å²) in [6.07, 6.45) is 0.946. The van der Waals surface area contributed by atoms with Crippen LogP contribution in [0.25, 0.3) is 11.2 Å². The summed E-state index contributed by atoms with van der Waals surface area (Å²) >= 11 is 5.94. The van der Waals surface area contributed by atoms with Crippen LogP contribution < -0.4 is 16.8 Å². The van der Waals surface area contributed by atoms with E-state index in [0.717, 1.165) is 44.0 Å². The van der Waals surface area contributed by atoms with Crippen LogP contribution in [0.3, 0.4) is 0 Å². The number of nitrogens with two attached hydrogens (primary N) is 2. The Morgan fingerprint density at radius 1 is 1.09 bits per heavy atom. The van der Waals surface area contributed by atoms with Crippen molar-refractivity contribution >= 4 is 28.6 Å². The van der Waals surface area contributed by atoms with Gasteiger partial charge in [0.2, 0.25) is 0 Å². The quantitative estimate of drug-likeness (QED) is 0.215. The molecule has 0 bridgehead atoms. The third-order valence-corrected chi connectivity index (χ3v) is 6.48. The molecule has 1 aromatic carbocycles. The maximum absolute atomic E-state index is 10.7. The Balaban J connectivity index is 1.32. The van der Waals surface area contributed by atoms with E-state index in [1.807, 2.05) is 24.3 Å².